The Kier molecular flexibility index (Phi) is 4.15. The van der Waals surface area contributed by atoms with Crippen molar-refractivity contribution < 1.29 is 4.79 Å². The number of para-hydroxylation sites is 1. The number of thiocarbonyl (C=S) groups is 1. The average molecular weight is 315 g/mol. The Morgan fingerprint density at radius 2 is 2.00 bits per heavy atom. The lowest BCUT2D eigenvalue weighted by Gasteiger charge is -2.32. The van der Waals surface area contributed by atoms with Crippen LogP contribution in [0.5, 0.6) is 0 Å². The minimum absolute atomic E-state index is 0.0335. The molecule has 1 fully saturated rings. The fourth-order valence-electron chi connectivity index (χ4n) is 2.73. The van der Waals surface area contributed by atoms with Gasteiger partial charge >= 0.3 is 0 Å². The van der Waals surface area contributed by atoms with Crippen LogP contribution in [0.15, 0.2) is 36.7 Å². The molecule has 1 aromatic carbocycles. The lowest BCUT2D eigenvalue weighted by molar-refractivity contribution is 0.0703. The standard InChI is InChI=1S/C15H17N5OS/c16-14(22)11-4-3-9-19(10-11)15(21)12-5-1-2-6-13(12)20-17-7-8-18-20/h1-2,5-8,11H,3-4,9-10H2,(H2,16,22). The van der Waals surface area contributed by atoms with Gasteiger partial charge in [0.2, 0.25) is 0 Å². The first-order valence-corrected chi connectivity index (χ1v) is 7.62. The second-order valence-electron chi connectivity index (χ2n) is 5.33. The predicted molar refractivity (Wildman–Crippen MR) is 86.8 cm³/mol. The third kappa shape index (κ3) is 2.85. The Bertz CT molecular complexity index is 685. The molecule has 6 nitrogen and oxygen atoms in total. The van der Waals surface area contributed by atoms with Crippen molar-refractivity contribution in [1.29, 1.82) is 0 Å². The molecule has 0 radical (unpaired) electrons. The molecular formula is C15H17N5OS. The molecule has 1 aliphatic rings. The number of nitrogens with two attached hydrogens (primary N) is 1. The van der Waals surface area contributed by atoms with E-state index in [0.717, 1.165) is 19.4 Å². The Morgan fingerprint density at radius 1 is 1.27 bits per heavy atom. The Morgan fingerprint density at radius 3 is 2.73 bits per heavy atom. The molecule has 7 heteroatoms. The number of likely N-dealkylation sites (tertiary alicyclic amines) is 1. The summed E-state index contributed by atoms with van der Waals surface area (Å²) in [5, 5.41) is 8.22. The van der Waals surface area contributed by atoms with E-state index in [1.165, 1.54) is 4.80 Å². The third-order valence-corrected chi connectivity index (χ3v) is 4.21. The number of aromatic nitrogens is 3. The van der Waals surface area contributed by atoms with Gasteiger partial charge in [-0.3, -0.25) is 4.79 Å². The molecule has 2 N–H and O–H groups in total. The topological polar surface area (TPSA) is 77.0 Å². The van der Waals surface area contributed by atoms with Gasteiger partial charge in [0, 0.05) is 19.0 Å². The Labute approximate surface area is 133 Å². The number of benzene rings is 1. The second kappa shape index (κ2) is 6.23. The summed E-state index contributed by atoms with van der Waals surface area (Å²) in [5.74, 6) is 0.0662. The fraction of sp³-hybridized carbons (Fsp3) is 0.333. The third-order valence-electron chi connectivity index (χ3n) is 3.88. The molecule has 2 aromatic rings. The summed E-state index contributed by atoms with van der Waals surface area (Å²) in [4.78, 5) is 16.6. The first-order valence-electron chi connectivity index (χ1n) is 7.21. The van der Waals surface area contributed by atoms with Gasteiger partial charge in [0.15, 0.2) is 0 Å². The van der Waals surface area contributed by atoms with Crippen molar-refractivity contribution in [1.82, 2.24) is 19.9 Å². The maximum atomic E-state index is 12.9. The number of carbonyl (C=O) groups excluding carboxylic acids is 1. The summed E-state index contributed by atoms with van der Waals surface area (Å²) in [6, 6.07) is 7.34. The molecule has 1 aliphatic heterocycles. The maximum absolute atomic E-state index is 12.9. The summed E-state index contributed by atoms with van der Waals surface area (Å²) >= 11 is 5.08. The second-order valence-corrected chi connectivity index (χ2v) is 5.80. The minimum atomic E-state index is -0.0335. The van der Waals surface area contributed by atoms with E-state index in [-0.39, 0.29) is 11.8 Å². The number of rotatable bonds is 3. The Hall–Kier alpha value is -2.28. The Balaban J connectivity index is 1.88. The van der Waals surface area contributed by atoms with Gasteiger partial charge in [-0.2, -0.15) is 15.0 Å². The summed E-state index contributed by atoms with van der Waals surface area (Å²) in [6.45, 7) is 1.30. The molecule has 1 atom stereocenters. The van der Waals surface area contributed by atoms with E-state index in [9.17, 15) is 4.79 Å². The molecule has 1 saturated heterocycles. The van der Waals surface area contributed by atoms with E-state index < -0.39 is 0 Å². The van der Waals surface area contributed by atoms with Gasteiger partial charge in [-0.25, -0.2) is 0 Å². The first kappa shape index (κ1) is 14.6. The summed E-state index contributed by atoms with van der Waals surface area (Å²) in [7, 11) is 0. The predicted octanol–water partition coefficient (Wildman–Crippen LogP) is 1.41. The van der Waals surface area contributed by atoms with E-state index in [1.54, 1.807) is 18.5 Å². The van der Waals surface area contributed by atoms with Crippen molar-refractivity contribution in [3.05, 3.63) is 42.2 Å². The van der Waals surface area contributed by atoms with E-state index in [1.807, 2.05) is 23.1 Å². The summed E-state index contributed by atoms with van der Waals surface area (Å²) in [6.07, 6.45) is 5.04. The molecule has 0 bridgehead atoms. The van der Waals surface area contributed by atoms with Crippen LogP contribution < -0.4 is 5.73 Å². The van der Waals surface area contributed by atoms with Gasteiger partial charge in [-0.15, -0.1) is 0 Å². The van der Waals surface area contributed by atoms with Gasteiger partial charge in [0.25, 0.3) is 5.91 Å². The zero-order valence-electron chi connectivity index (χ0n) is 12.1. The van der Waals surface area contributed by atoms with Crippen LogP contribution in [-0.4, -0.2) is 43.9 Å². The molecule has 3 rings (SSSR count). The fourth-order valence-corrected chi connectivity index (χ4v) is 2.93. The number of carbonyl (C=O) groups is 1. The van der Waals surface area contributed by atoms with Crippen molar-refractivity contribution in [2.75, 3.05) is 13.1 Å². The van der Waals surface area contributed by atoms with Crippen LogP contribution in [0.1, 0.15) is 23.2 Å². The number of amides is 1. The van der Waals surface area contributed by atoms with Crippen molar-refractivity contribution in [3.8, 4) is 5.69 Å². The molecule has 0 aliphatic carbocycles. The molecule has 2 heterocycles. The molecular weight excluding hydrogens is 298 g/mol. The molecule has 0 spiro atoms. The van der Waals surface area contributed by atoms with E-state index in [4.69, 9.17) is 18.0 Å². The zero-order valence-corrected chi connectivity index (χ0v) is 12.9. The summed E-state index contributed by atoms with van der Waals surface area (Å²) < 4.78 is 0. The SMILES string of the molecule is NC(=S)C1CCCN(C(=O)c2ccccc2-n2nccn2)C1. The first-order chi connectivity index (χ1) is 10.7. The van der Waals surface area contributed by atoms with Crippen LogP contribution in [-0.2, 0) is 0 Å². The highest BCUT2D eigenvalue weighted by molar-refractivity contribution is 7.80. The van der Waals surface area contributed by atoms with Gasteiger partial charge < -0.3 is 10.6 Å². The monoisotopic (exact) mass is 315 g/mol. The van der Waals surface area contributed by atoms with Crippen LogP contribution >= 0.6 is 12.2 Å². The molecule has 22 heavy (non-hydrogen) atoms. The highest BCUT2D eigenvalue weighted by Crippen LogP contribution is 2.21. The van der Waals surface area contributed by atoms with Crippen molar-refractivity contribution >= 4 is 23.1 Å². The van der Waals surface area contributed by atoms with Gasteiger partial charge in [-0.05, 0) is 25.0 Å². The van der Waals surface area contributed by atoms with E-state index >= 15 is 0 Å². The molecule has 1 aromatic heterocycles. The van der Waals surface area contributed by atoms with Crippen LogP contribution in [0, 0.1) is 5.92 Å². The molecule has 0 saturated carbocycles. The maximum Gasteiger partial charge on any atom is 0.256 e. The summed E-state index contributed by atoms with van der Waals surface area (Å²) in [5.41, 5.74) is 7.01. The van der Waals surface area contributed by atoms with Gasteiger partial charge in [0.05, 0.1) is 28.6 Å². The van der Waals surface area contributed by atoms with Gasteiger partial charge in [-0.1, -0.05) is 24.4 Å². The van der Waals surface area contributed by atoms with Crippen LogP contribution in [0.3, 0.4) is 0 Å². The van der Waals surface area contributed by atoms with Crippen LogP contribution in [0.2, 0.25) is 0 Å². The average Bonchev–Trinajstić information content (AvgIpc) is 3.08. The van der Waals surface area contributed by atoms with E-state index in [0.29, 0.717) is 22.8 Å². The van der Waals surface area contributed by atoms with Crippen molar-refractivity contribution in [3.63, 3.8) is 0 Å². The molecule has 1 amide bonds. The molecule has 1 unspecified atom stereocenters. The highest BCUT2D eigenvalue weighted by atomic mass is 32.1. The number of piperidine rings is 1. The highest BCUT2D eigenvalue weighted by Gasteiger charge is 2.27. The smallest absolute Gasteiger partial charge is 0.256 e. The van der Waals surface area contributed by atoms with Crippen molar-refractivity contribution in [2.24, 2.45) is 11.7 Å². The van der Waals surface area contributed by atoms with Gasteiger partial charge in [0.1, 0.15) is 0 Å². The minimum Gasteiger partial charge on any atom is -0.393 e. The number of hydrogen-bond acceptors (Lipinski definition) is 4. The van der Waals surface area contributed by atoms with Crippen LogP contribution in [0.4, 0.5) is 0 Å². The lowest BCUT2D eigenvalue weighted by atomic mass is 9.97. The zero-order chi connectivity index (χ0) is 15.5. The largest absolute Gasteiger partial charge is 0.393 e. The molecule has 114 valence electrons. The number of hydrogen-bond donors (Lipinski definition) is 1. The quantitative estimate of drug-likeness (QED) is 0.867. The van der Waals surface area contributed by atoms with E-state index in [2.05, 4.69) is 10.2 Å². The van der Waals surface area contributed by atoms with Crippen LogP contribution in [0.25, 0.3) is 5.69 Å². The normalized spacial score (nSPS) is 18.2. The number of nitrogens with zero attached hydrogens (tertiary/aromatic N) is 4. The lowest BCUT2D eigenvalue weighted by Crippen LogP contribution is -2.43. The van der Waals surface area contributed by atoms with Crippen molar-refractivity contribution in [2.45, 2.75) is 12.8 Å².